The van der Waals surface area contributed by atoms with E-state index in [0.717, 1.165) is 46.3 Å². The Labute approximate surface area is 161 Å². The van der Waals surface area contributed by atoms with Gasteiger partial charge in [0.15, 0.2) is 0 Å². The molecule has 6 heteroatoms. The molecule has 0 radical (unpaired) electrons. The van der Waals surface area contributed by atoms with E-state index in [9.17, 15) is 4.79 Å². The number of hydrogen-bond acceptors (Lipinski definition) is 5. The van der Waals surface area contributed by atoms with Crippen LogP contribution in [0.2, 0.25) is 0 Å². The molecule has 1 fully saturated rings. The number of aryl methyl sites for hydroxylation is 1. The van der Waals surface area contributed by atoms with Crippen molar-refractivity contribution >= 4 is 28.6 Å². The Morgan fingerprint density at radius 3 is 2.81 bits per heavy atom. The van der Waals surface area contributed by atoms with Gasteiger partial charge in [-0.25, -0.2) is 4.98 Å². The zero-order chi connectivity index (χ0) is 17.9. The Bertz CT molecular complexity index is 874. The molecule has 26 heavy (non-hydrogen) atoms. The molecule has 3 aromatic heterocycles. The van der Waals surface area contributed by atoms with Crippen molar-refractivity contribution in [3.63, 3.8) is 0 Å². The van der Waals surface area contributed by atoms with Crippen LogP contribution in [0.15, 0.2) is 42.0 Å². The highest BCUT2D eigenvalue weighted by Crippen LogP contribution is 2.35. The van der Waals surface area contributed by atoms with Gasteiger partial charge in [-0.15, -0.1) is 22.7 Å². The number of carbonyl (C=O) groups is 1. The van der Waals surface area contributed by atoms with Gasteiger partial charge in [-0.1, -0.05) is 18.9 Å². The average Bonchev–Trinajstić information content (AvgIpc) is 3.26. The van der Waals surface area contributed by atoms with Crippen LogP contribution in [-0.2, 0) is 0 Å². The standard InChI is InChI=1S/C20H21N3OS2/c1-14-18(26-19(22-14)17-7-5-13-25-17)20(24)23-12-4-2-3-6-16(23)15-8-10-21-11-9-15/h5,7-11,13,16H,2-4,6,12H2,1H3. The normalized spacial score (nSPS) is 17.9. The topological polar surface area (TPSA) is 46.1 Å². The van der Waals surface area contributed by atoms with Crippen LogP contribution in [-0.4, -0.2) is 27.3 Å². The van der Waals surface area contributed by atoms with Crippen molar-refractivity contribution in [1.82, 2.24) is 14.9 Å². The molecule has 0 spiro atoms. The van der Waals surface area contributed by atoms with E-state index in [4.69, 9.17) is 0 Å². The van der Waals surface area contributed by atoms with Gasteiger partial charge in [-0.05, 0) is 48.9 Å². The number of nitrogens with zero attached hydrogens (tertiary/aromatic N) is 3. The fourth-order valence-electron chi connectivity index (χ4n) is 3.51. The molecule has 0 saturated carbocycles. The molecule has 1 aliphatic heterocycles. The third kappa shape index (κ3) is 3.44. The van der Waals surface area contributed by atoms with Crippen LogP contribution in [0.5, 0.6) is 0 Å². The van der Waals surface area contributed by atoms with E-state index >= 15 is 0 Å². The van der Waals surface area contributed by atoms with E-state index < -0.39 is 0 Å². The Morgan fingerprint density at radius 1 is 1.19 bits per heavy atom. The van der Waals surface area contributed by atoms with Gasteiger partial charge in [0, 0.05) is 18.9 Å². The molecular weight excluding hydrogens is 362 g/mol. The summed E-state index contributed by atoms with van der Waals surface area (Å²) in [6.45, 7) is 2.75. The van der Waals surface area contributed by atoms with Crippen LogP contribution in [0.4, 0.5) is 0 Å². The van der Waals surface area contributed by atoms with Crippen LogP contribution in [0.1, 0.15) is 52.7 Å². The van der Waals surface area contributed by atoms with Gasteiger partial charge in [0.1, 0.15) is 9.88 Å². The maximum absolute atomic E-state index is 13.4. The van der Waals surface area contributed by atoms with E-state index in [1.165, 1.54) is 23.3 Å². The van der Waals surface area contributed by atoms with Crippen molar-refractivity contribution in [3.05, 3.63) is 58.2 Å². The molecule has 134 valence electrons. The third-order valence-electron chi connectivity index (χ3n) is 4.83. The summed E-state index contributed by atoms with van der Waals surface area (Å²) in [5.74, 6) is 0.117. The lowest BCUT2D eigenvalue weighted by Crippen LogP contribution is -2.34. The third-order valence-corrected chi connectivity index (χ3v) is 7.01. The van der Waals surface area contributed by atoms with Gasteiger partial charge < -0.3 is 4.90 Å². The smallest absolute Gasteiger partial charge is 0.266 e. The monoisotopic (exact) mass is 383 g/mol. The summed E-state index contributed by atoms with van der Waals surface area (Å²) in [5.41, 5.74) is 2.01. The second kappa shape index (κ2) is 7.68. The predicted molar refractivity (Wildman–Crippen MR) is 107 cm³/mol. The second-order valence-electron chi connectivity index (χ2n) is 6.56. The largest absolute Gasteiger partial charge is 0.331 e. The molecule has 1 unspecified atom stereocenters. The molecule has 1 aliphatic rings. The van der Waals surface area contributed by atoms with Gasteiger partial charge in [0.05, 0.1) is 16.6 Å². The van der Waals surface area contributed by atoms with Crippen molar-refractivity contribution in [3.8, 4) is 9.88 Å². The summed E-state index contributed by atoms with van der Waals surface area (Å²) in [5, 5.41) is 2.98. The Morgan fingerprint density at radius 2 is 2.04 bits per heavy atom. The predicted octanol–water partition coefficient (Wildman–Crippen LogP) is 5.33. The van der Waals surface area contributed by atoms with E-state index in [2.05, 4.69) is 20.9 Å². The Kier molecular flexibility index (Phi) is 5.13. The molecule has 1 saturated heterocycles. The van der Waals surface area contributed by atoms with Crippen molar-refractivity contribution in [2.24, 2.45) is 0 Å². The van der Waals surface area contributed by atoms with Crippen molar-refractivity contribution < 1.29 is 4.79 Å². The van der Waals surface area contributed by atoms with Crippen molar-refractivity contribution in [2.75, 3.05) is 6.54 Å². The highest BCUT2D eigenvalue weighted by molar-refractivity contribution is 7.22. The lowest BCUT2D eigenvalue weighted by atomic mass is 10.0. The number of amides is 1. The molecule has 3 aromatic rings. The first-order valence-electron chi connectivity index (χ1n) is 8.96. The number of rotatable bonds is 3. The molecule has 4 heterocycles. The van der Waals surface area contributed by atoms with Crippen molar-refractivity contribution in [2.45, 2.75) is 38.6 Å². The van der Waals surface area contributed by atoms with Gasteiger partial charge in [0.25, 0.3) is 5.91 Å². The van der Waals surface area contributed by atoms with Crippen LogP contribution in [0, 0.1) is 6.92 Å². The number of aromatic nitrogens is 2. The first-order chi connectivity index (χ1) is 12.7. The minimum atomic E-state index is 0.117. The zero-order valence-corrected chi connectivity index (χ0v) is 16.4. The van der Waals surface area contributed by atoms with Gasteiger partial charge in [0.2, 0.25) is 0 Å². The maximum atomic E-state index is 13.4. The van der Waals surface area contributed by atoms with E-state index in [-0.39, 0.29) is 11.9 Å². The minimum Gasteiger partial charge on any atom is -0.331 e. The summed E-state index contributed by atoms with van der Waals surface area (Å²) in [6.07, 6.45) is 8.02. The summed E-state index contributed by atoms with van der Waals surface area (Å²) < 4.78 is 0. The number of hydrogen-bond donors (Lipinski definition) is 0. The first kappa shape index (κ1) is 17.4. The van der Waals surface area contributed by atoms with E-state index in [1.807, 2.05) is 42.9 Å². The van der Waals surface area contributed by atoms with Crippen LogP contribution in [0.25, 0.3) is 9.88 Å². The van der Waals surface area contributed by atoms with E-state index in [1.54, 1.807) is 11.3 Å². The van der Waals surface area contributed by atoms with Gasteiger partial charge >= 0.3 is 0 Å². The number of likely N-dealkylation sites (tertiary alicyclic amines) is 1. The molecule has 0 bridgehead atoms. The fourth-order valence-corrected chi connectivity index (χ4v) is 5.33. The molecule has 0 N–H and O–H groups in total. The molecular formula is C20H21N3OS2. The molecule has 1 atom stereocenters. The summed E-state index contributed by atoms with van der Waals surface area (Å²) >= 11 is 3.18. The zero-order valence-electron chi connectivity index (χ0n) is 14.7. The van der Waals surface area contributed by atoms with E-state index in [0.29, 0.717) is 0 Å². The lowest BCUT2D eigenvalue weighted by Gasteiger charge is -2.30. The number of pyridine rings is 1. The lowest BCUT2D eigenvalue weighted by molar-refractivity contribution is 0.0685. The second-order valence-corrected chi connectivity index (χ2v) is 8.50. The molecule has 4 rings (SSSR count). The van der Waals surface area contributed by atoms with Crippen LogP contribution < -0.4 is 0 Å². The summed E-state index contributed by atoms with van der Waals surface area (Å²) in [4.78, 5) is 26.2. The Balaban J connectivity index is 1.67. The molecule has 1 amide bonds. The van der Waals surface area contributed by atoms with Gasteiger partial charge in [-0.2, -0.15) is 0 Å². The minimum absolute atomic E-state index is 0.117. The first-order valence-corrected chi connectivity index (χ1v) is 10.7. The highest BCUT2D eigenvalue weighted by Gasteiger charge is 2.30. The number of carbonyl (C=O) groups excluding carboxylic acids is 1. The highest BCUT2D eigenvalue weighted by atomic mass is 32.1. The molecule has 0 aromatic carbocycles. The number of thiophene rings is 1. The summed E-state index contributed by atoms with van der Waals surface area (Å²) in [6, 6.07) is 8.27. The van der Waals surface area contributed by atoms with Gasteiger partial charge in [-0.3, -0.25) is 9.78 Å². The van der Waals surface area contributed by atoms with Crippen LogP contribution in [0.3, 0.4) is 0 Å². The molecule has 4 nitrogen and oxygen atoms in total. The van der Waals surface area contributed by atoms with Crippen molar-refractivity contribution in [1.29, 1.82) is 0 Å². The van der Waals surface area contributed by atoms with Crippen LogP contribution >= 0.6 is 22.7 Å². The SMILES string of the molecule is Cc1nc(-c2cccs2)sc1C(=O)N1CCCCCC1c1ccncc1. The fraction of sp³-hybridized carbons (Fsp3) is 0.350. The maximum Gasteiger partial charge on any atom is 0.266 e. The average molecular weight is 384 g/mol. The quantitative estimate of drug-likeness (QED) is 0.614. The Hall–Kier alpha value is -2.05. The number of thiazole rings is 1. The molecule has 0 aliphatic carbocycles. The summed E-state index contributed by atoms with van der Waals surface area (Å²) in [7, 11) is 0.